The molecule has 0 spiro atoms. The predicted molar refractivity (Wildman–Crippen MR) is 78.9 cm³/mol. The molecule has 2 unspecified atom stereocenters. The minimum atomic E-state index is -0.689. The van der Waals surface area contributed by atoms with E-state index in [0.717, 1.165) is 17.7 Å². The van der Waals surface area contributed by atoms with Crippen molar-refractivity contribution in [3.63, 3.8) is 0 Å². The number of aliphatic hydroxyl groups excluding tert-OH is 1. The van der Waals surface area contributed by atoms with E-state index in [1.807, 2.05) is 32.0 Å². The van der Waals surface area contributed by atoms with Crippen LogP contribution in [0.2, 0.25) is 0 Å². The zero-order valence-corrected chi connectivity index (χ0v) is 12.7. The summed E-state index contributed by atoms with van der Waals surface area (Å²) in [5.41, 5.74) is 0.767. The fraction of sp³-hybridized carbons (Fsp3) is 0.625. The van der Waals surface area contributed by atoms with E-state index in [1.165, 1.54) is 0 Å². The molecule has 5 heteroatoms. The molecule has 0 fully saturated rings. The Labute approximate surface area is 125 Å². The second-order valence-corrected chi connectivity index (χ2v) is 5.08. The molecular weight excluding hydrogens is 272 g/mol. The molecule has 1 aliphatic heterocycles. The Morgan fingerprint density at radius 1 is 1.19 bits per heavy atom. The molecule has 0 bridgehead atoms. The maximum Gasteiger partial charge on any atom is 0.161 e. The number of ether oxygens (including phenoxy) is 4. The van der Waals surface area contributed by atoms with Gasteiger partial charge in [0.1, 0.15) is 6.10 Å². The Morgan fingerprint density at radius 3 is 2.71 bits per heavy atom. The van der Waals surface area contributed by atoms with Crippen molar-refractivity contribution < 1.29 is 24.1 Å². The van der Waals surface area contributed by atoms with Crippen LogP contribution in [0.25, 0.3) is 0 Å². The second-order valence-electron chi connectivity index (χ2n) is 5.08. The van der Waals surface area contributed by atoms with Crippen LogP contribution in [0.1, 0.15) is 31.9 Å². The molecule has 0 radical (unpaired) electrons. The summed E-state index contributed by atoms with van der Waals surface area (Å²) < 4.78 is 22.1. The van der Waals surface area contributed by atoms with Crippen LogP contribution in [-0.4, -0.2) is 44.2 Å². The largest absolute Gasteiger partial charge is 0.490 e. The van der Waals surface area contributed by atoms with Gasteiger partial charge in [0.2, 0.25) is 0 Å². The van der Waals surface area contributed by atoms with Crippen LogP contribution in [0, 0.1) is 0 Å². The SMILES string of the molecule is CCOCC(C)OCC(O)c1ccc2c(c1)OCCCO2. The monoisotopic (exact) mass is 296 g/mol. The van der Waals surface area contributed by atoms with Crippen molar-refractivity contribution >= 4 is 0 Å². The van der Waals surface area contributed by atoms with Crippen molar-refractivity contribution in [3.8, 4) is 11.5 Å². The van der Waals surface area contributed by atoms with Gasteiger partial charge in [-0.25, -0.2) is 0 Å². The molecule has 0 aromatic heterocycles. The summed E-state index contributed by atoms with van der Waals surface area (Å²) in [6.07, 6.45) is 0.135. The zero-order valence-electron chi connectivity index (χ0n) is 12.7. The van der Waals surface area contributed by atoms with Gasteiger partial charge in [0.05, 0.1) is 32.5 Å². The summed E-state index contributed by atoms with van der Waals surface area (Å²) in [6, 6.07) is 5.50. The molecule has 0 aliphatic carbocycles. The minimum absolute atomic E-state index is 0.0417. The van der Waals surface area contributed by atoms with Gasteiger partial charge in [-0.05, 0) is 31.5 Å². The van der Waals surface area contributed by atoms with Crippen molar-refractivity contribution in [1.82, 2.24) is 0 Å². The van der Waals surface area contributed by atoms with Crippen LogP contribution in [0.15, 0.2) is 18.2 Å². The lowest BCUT2D eigenvalue weighted by Gasteiger charge is -2.17. The van der Waals surface area contributed by atoms with Gasteiger partial charge in [-0.2, -0.15) is 0 Å². The Balaban J connectivity index is 1.90. The highest BCUT2D eigenvalue weighted by Crippen LogP contribution is 2.32. The molecule has 0 saturated carbocycles. The Hall–Kier alpha value is -1.30. The third-order valence-corrected chi connectivity index (χ3v) is 3.25. The van der Waals surface area contributed by atoms with Crippen LogP contribution in [0.4, 0.5) is 0 Å². The molecule has 0 amide bonds. The summed E-state index contributed by atoms with van der Waals surface area (Å²) in [5.74, 6) is 1.42. The van der Waals surface area contributed by atoms with Gasteiger partial charge in [-0.1, -0.05) is 6.07 Å². The third-order valence-electron chi connectivity index (χ3n) is 3.25. The van der Waals surface area contributed by atoms with Crippen molar-refractivity contribution in [1.29, 1.82) is 0 Å². The summed E-state index contributed by atoms with van der Waals surface area (Å²) in [5, 5.41) is 10.2. The fourth-order valence-corrected chi connectivity index (χ4v) is 2.07. The molecule has 2 atom stereocenters. The summed E-state index contributed by atoms with van der Waals surface area (Å²) in [4.78, 5) is 0. The number of fused-ring (bicyclic) bond motifs is 1. The molecule has 0 saturated heterocycles. The van der Waals surface area contributed by atoms with Crippen molar-refractivity contribution in [2.45, 2.75) is 32.5 Å². The van der Waals surface area contributed by atoms with Gasteiger partial charge in [0.25, 0.3) is 0 Å². The number of rotatable bonds is 7. The Morgan fingerprint density at radius 2 is 1.95 bits per heavy atom. The number of hydrogen-bond acceptors (Lipinski definition) is 5. The Bertz CT molecular complexity index is 435. The van der Waals surface area contributed by atoms with Gasteiger partial charge in [0, 0.05) is 13.0 Å². The second kappa shape index (κ2) is 8.22. The minimum Gasteiger partial charge on any atom is -0.490 e. The lowest BCUT2D eigenvalue weighted by Crippen LogP contribution is -2.19. The van der Waals surface area contributed by atoms with E-state index in [4.69, 9.17) is 18.9 Å². The van der Waals surface area contributed by atoms with Crippen molar-refractivity contribution in [3.05, 3.63) is 23.8 Å². The van der Waals surface area contributed by atoms with Crippen molar-refractivity contribution in [2.75, 3.05) is 33.0 Å². The first-order valence-electron chi connectivity index (χ1n) is 7.47. The van der Waals surface area contributed by atoms with E-state index in [9.17, 15) is 5.11 Å². The predicted octanol–water partition coefficient (Wildman–Crippen LogP) is 2.32. The maximum absolute atomic E-state index is 10.2. The molecule has 1 aromatic rings. The highest BCUT2D eigenvalue weighted by Gasteiger charge is 2.15. The van der Waals surface area contributed by atoms with E-state index in [-0.39, 0.29) is 12.7 Å². The van der Waals surface area contributed by atoms with Crippen LogP contribution in [0.3, 0.4) is 0 Å². The van der Waals surface area contributed by atoms with Gasteiger partial charge in [-0.15, -0.1) is 0 Å². The number of hydrogen-bond donors (Lipinski definition) is 1. The van der Waals surface area contributed by atoms with E-state index < -0.39 is 6.10 Å². The molecule has 5 nitrogen and oxygen atoms in total. The maximum atomic E-state index is 10.2. The standard InChI is InChI=1S/C16H24O5/c1-3-18-10-12(2)21-11-14(17)13-5-6-15-16(9-13)20-8-4-7-19-15/h5-6,9,12,14,17H,3-4,7-8,10-11H2,1-2H3. The number of benzene rings is 1. The first-order valence-corrected chi connectivity index (χ1v) is 7.47. The average molecular weight is 296 g/mol. The van der Waals surface area contributed by atoms with Crippen LogP contribution < -0.4 is 9.47 Å². The molecular formula is C16H24O5. The molecule has 1 heterocycles. The van der Waals surface area contributed by atoms with Crippen molar-refractivity contribution in [2.24, 2.45) is 0 Å². The van der Waals surface area contributed by atoms with E-state index in [1.54, 1.807) is 0 Å². The molecule has 21 heavy (non-hydrogen) atoms. The fourth-order valence-electron chi connectivity index (χ4n) is 2.07. The van der Waals surface area contributed by atoms with Crippen LogP contribution in [0.5, 0.6) is 11.5 Å². The topological polar surface area (TPSA) is 57.2 Å². The highest BCUT2D eigenvalue weighted by atomic mass is 16.5. The first-order chi connectivity index (χ1) is 10.2. The average Bonchev–Trinajstić information content (AvgIpc) is 2.74. The zero-order chi connectivity index (χ0) is 15.1. The summed E-state index contributed by atoms with van der Waals surface area (Å²) in [6.45, 7) is 6.59. The number of aliphatic hydroxyl groups is 1. The van der Waals surface area contributed by atoms with Crippen LogP contribution >= 0.6 is 0 Å². The molecule has 2 rings (SSSR count). The third kappa shape index (κ3) is 4.88. The van der Waals surface area contributed by atoms with Gasteiger partial charge in [-0.3, -0.25) is 0 Å². The summed E-state index contributed by atoms with van der Waals surface area (Å²) in [7, 11) is 0. The van der Waals surface area contributed by atoms with Gasteiger partial charge < -0.3 is 24.1 Å². The highest BCUT2D eigenvalue weighted by molar-refractivity contribution is 5.44. The smallest absolute Gasteiger partial charge is 0.161 e. The van der Waals surface area contributed by atoms with E-state index in [0.29, 0.717) is 32.2 Å². The molecule has 1 aromatic carbocycles. The molecule has 1 N–H and O–H groups in total. The van der Waals surface area contributed by atoms with Gasteiger partial charge >= 0.3 is 0 Å². The lowest BCUT2D eigenvalue weighted by atomic mass is 10.1. The van der Waals surface area contributed by atoms with Crippen LogP contribution in [-0.2, 0) is 9.47 Å². The Kier molecular flexibility index (Phi) is 6.29. The quantitative estimate of drug-likeness (QED) is 0.837. The molecule has 118 valence electrons. The summed E-state index contributed by atoms with van der Waals surface area (Å²) >= 11 is 0. The lowest BCUT2D eigenvalue weighted by molar-refractivity contribution is -0.0395. The first kappa shape index (κ1) is 16.1. The van der Waals surface area contributed by atoms with E-state index >= 15 is 0 Å². The molecule has 1 aliphatic rings. The normalized spacial score (nSPS) is 17.1. The van der Waals surface area contributed by atoms with E-state index in [2.05, 4.69) is 0 Å². The van der Waals surface area contributed by atoms with Gasteiger partial charge in [0.15, 0.2) is 11.5 Å².